The molecule has 0 nitrogen and oxygen atoms in total. The molecule has 0 heteroatoms. The molecule has 3 saturated carbocycles. The Bertz CT molecular complexity index is 114. The molecule has 3 fully saturated rings. The lowest BCUT2D eigenvalue weighted by atomic mass is 10.0. The van der Waals surface area contributed by atoms with Crippen molar-refractivity contribution in [2.24, 2.45) is 23.7 Å². The monoisotopic (exact) mass is 108 g/mol. The van der Waals surface area contributed by atoms with Crippen LogP contribution in [0.2, 0.25) is 0 Å². The fourth-order valence-corrected chi connectivity index (χ4v) is 3.15. The van der Waals surface area contributed by atoms with Gasteiger partial charge in [-0.05, 0) is 49.4 Å². The molecule has 0 N–H and O–H groups in total. The van der Waals surface area contributed by atoms with Gasteiger partial charge in [-0.15, -0.1) is 0 Å². The lowest BCUT2D eigenvalue weighted by molar-refractivity contribution is 0.456. The molecule has 0 spiro atoms. The number of hydrogen-bond donors (Lipinski definition) is 0. The molecule has 0 heterocycles. The van der Waals surface area contributed by atoms with Crippen LogP contribution in [0.5, 0.6) is 0 Å². The van der Waals surface area contributed by atoms with Gasteiger partial charge in [0.05, 0.1) is 0 Å². The molecule has 3 rings (SSSR count). The predicted molar refractivity (Wildman–Crippen MR) is 32.4 cm³/mol. The second-order valence-electron chi connectivity index (χ2n) is 3.90. The Morgan fingerprint density at radius 3 is 1.75 bits per heavy atom. The third-order valence-corrected chi connectivity index (χ3v) is 3.62. The van der Waals surface area contributed by atoms with Crippen LogP contribution in [-0.4, -0.2) is 0 Å². The zero-order chi connectivity index (χ0) is 5.14. The van der Waals surface area contributed by atoms with Crippen LogP contribution in [0.1, 0.15) is 25.7 Å². The molecule has 2 bridgehead atoms. The molecule has 0 saturated heterocycles. The smallest absolute Gasteiger partial charge is 0.0352 e. The summed E-state index contributed by atoms with van der Waals surface area (Å²) >= 11 is 0. The van der Waals surface area contributed by atoms with E-state index in [-0.39, 0.29) is 0 Å². The van der Waals surface area contributed by atoms with Gasteiger partial charge in [-0.3, -0.25) is 0 Å². The third-order valence-electron chi connectivity index (χ3n) is 3.62. The first-order valence-electron chi connectivity index (χ1n) is 3.95. The zero-order valence-corrected chi connectivity index (χ0v) is 5.14. The minimum atomic E-state index is 1.21. The van der Waals surface area contributed by atoms with Crippen LogP contribution in [0, 0.1) is 23.7 Å². The van der Waals surface area contributed by atoms with Crippen molar-refractivity contribution in [3.8, 4) is 0 Å². The summed E-state index contributed by atoms with van der Waals surface area (Å²) in [6.07, 6.45) is 6.42. The van der Waals surface area contributed by atoms with Crippen LogP contribution >= 0.6 is 0 Å². The van der Waals surface area contributed by atoms with Gasteiger partial charge in [0.25, 0.3) is 0 Å². The number of hydrogen-bond acceptors (Lipinski definition) is 0. The highest BCUT2D eigenvalue weighted by molar-refractivity contribution is 5.06. The van der Waals surface area contributed by atoms with Gasteiger partial charge in [0.15, 0.2) is 0 Å². The van der Waals surface area contributed by atoms with Crippen LogP contribution in [0.25, 0.3) is 0 Å². The van der Waals surface area contributed by atoms with Gasteiger partial charge in [-0.2, -0.15) is 0 Å². The van der Waals surface area contributed by atoms with Gasteiger partial charge in [-0.25, -0.2) is 0 Å². The molecule has 3 aliphatic carbocycles. The van der Waals surface area contributed by atoms with Gasteiger partial charge in [-0.1, -0.05) is 0 Å². The second kappa shape index (κ2) is 0.984. The summed E-state index contributed by atoms with van der Waals surface area (Å²) in [7, 11) is 0. The lowest BCUT2D eigenvalue weighted by Gasteiger charge is -2.04. The fraction of sp³-hybridized carbons (Fsp3) is 1.00. The zero-order valence-electron chi connectivity index (χ0n) is 5.14. The molecular formula is C8H12. The summed E-state index contributed by atoms with van der Waals surface area (Å²) in [5.74, 6) is 4.91. The van der Waals surface area contributed by atoms with Crippen molar-refractivity contribution in [2.75, 3.05) is 0 Å². The fourth-order valence-electron chi connectivity index (χ4n) is 3.15. The molecule has 0 aromatic carbocycles. The van der Waals surface area contributed by atoms with E-state index in [2.05, 4.69) is 0 Å². The number of rotatable bonds is 0. The summed E-state index contributed by atoms with van der Waals surface area (Å²) in [6, 6.07) is 0. The van der Waals surface area contributed by atoms with Crippen LogP contribution in [0.3, 0.4) is 0 Å². The molecular weight excluding hydrogens is 96.1 g/mol. The van der Waals surface area contributed by atoms with Gasteiger partial charge in [0.1, 0.15) is 0 Å². The first-order chi connectivity index (χ1) is 3.95. The first-order valence-corrected chi connectivity index (χ1v) is 3.95. The SMILES string of the molecule is C1C[C@H]2C[C@@H]1[C@H]1C[C@@H]21. The van der Waals surface area contributed by atoms with Crippen LogP contribution in [0.4, 0.5) is 0 Å². The van der Waals surface area contributed by atoms with E-state index in [1.165, 1.54) is 23.7 Å². The molecule has 0 aromatic heterocycles. The molecule has 0 aromatic rings. The summed E-state index contributed by atoms with van der Waals surface area (Å²) in [5, 5.41) is 0. The Kier molecular flexibility index (Phi) is 0.482. The maximum absolute atomic E-state index is 1.62. The predicted octanol–water partition coefficient (Wildman–Crippen LogP) is 2.05. The quantitative estimate of drug-likeness (QED) is 0.445. The highest BCUT2D eigenvalue weighted by atomic mass is 14.6. The van der Waals surface area contributed by atoms with Gasteiger partial charge in [0.2, 0.25) is 0 Å². The van der Waals surface area contributed by atoms with Crippen molar-refractivity contribution >= 4 is 0 Å². The molecule has 0 amide bonds. The molecule has 0 unspecified atom stereocenters. The van der Waals surface area contributed by atoms with E-state index in [0.717, 1.165) is 0 Å². The van der Waals surface area contributed by atoms with Crippen LogP contribution in [0.15, 0.2) is 0 Å². The Hall–Kier alpha value is 0. The van der Waals surface area contributed by atoms with E-state index >= 15 is 0 Å². The largest absolute Gasteiger partial charge is 0.0499 e. The maximum atomic E-state index is 1.62. The van der Waals surface area contributed by atoms with Crippen LogP contribution in [-0.2, 0) is 0 Å². The summed E-state index contributed by atoms with van der Waals surface area (Å²) in [5.41, 5.74) is 0. The minimum Gasteiger partial charge on any atom is -0.0499 e. The third kappa shape index (κ3) is 0.284. The normalized spacial score (nSPS) is 66.0. The van der Waals surface area contributed by atoms with Crippen molar-refractivity contribution in [3.63, 3.8) is 0 Å². The molecule has 0 radical (unpaired) electrons. The molecule has 3 aliphatic rings. The summed E-state index contributed by atoms with van der Waals surface area (Å²) in [4.78, 5) is 0. The summed E-state index contributed by atoms with van der Waals surface area (Å²) in [6.45, 7) is 0. The minimum absolute atomic E-state index is 1.21. The molecule has 8 heavy (non-hydrogen) atoms. The van der Waals surface area contributed by atoms with E-state index < -0.39 is 0 Å². The molecule has 44 valence electrons. The van der Waals surface area contributed by atoms with Crippen molar-refractivity contribution in [1.82, 2.24) is 0 Å². The first kappa shape index (κ1) is 3.92. The van der Waals surface area contributed by atoms with Gasteiger partial charge >= 0.3 is 0 Å². The lowest BCUT2D eigenvalue weighted by Crippen LogP contribution is -1.95. The van der Waals surface area contributed by atoms with Crippen molar-refractivity contribution in [2.45, 2.75) is 25.7 Å². The molecule has 0 aliphatic heterocycles. The Morgan fingerprint density at radius 1 is 0.750 bits per heavy atom. The highest BCUT2D eigenvalue weighted by Gasteiger charge is 2.56. The van der Waals surface area contributed by atoms with Gasteiger partial charge < -0.3 is 0 Å². The average Bonchev–Trinajstić information content (AvgIpc) is 2.39. The van der Waals surface area contributed by atoms with E-state index in [1.54, 1.807) is 25.7 Å². The van der Waals surface area contributed by atoms with E-state index in [4.69, 9.17) is 0 Å². The van der Waals surface area contributed by atoms with E-state index in [9.17, 15) is 0 Å². The van der Waals surface area contributed by atoms with Crippen molar-refractivity contribution in [1.29, 1.82) is 0 Å². The van der Waals surface area contributed by atoms with Crippen molar-refractivity contribution in [3.05, 3.63) is 0 Å². The number of fused-ring (bicyclic) bond motifs is 5. The maximum Gasteiger partial charge on any atom is -0.0352 e. The van der Waals surface area contributed by atoms with E-state index in [0.29, 0.717) is 0 Å². The molecule has 4 atom stereocenters. The highest BCUT2D eigenvalue weighted by Crippen LogP contribution is 2.65. The van der Waals surface area contributed by atoms with Gasteiger partial charge in [0, 0.05) is 0 Å². The van der Waals surface area contributed by atoms with Crippen molar-refractivity contribution < 1.29 is 0 Å². The Labute approximate surface area is 50.3 Å². The average molecular weight is 108 g/mol. The van der Waals surface area contributed by atoms with Crippen LogP contribution < -0.4 is 0 Å². The standard InChI is InChI=1S/C8H12/c1-2-6-3-5(1)7-4-8(6)7/h5-8H,1-4H2/t5-,6+,7-,8+. The Balaban J connectivity index is 2.02. The second-order valence-corrected chi connectivity index (χ2v) is 3.90. The van der Waals surface area contributed by atoms with E-state index in [1.807, 2.05) is 0 Å². The summed E-state index contributed by atoms with van der Waals surface area (Å²) < 4.78 is 0. The topological polar surface area (TPSA) is 0 Å². The Morgan fingerprint density at radius 2 is 1.38 bits per heavy atom.